The average Bonchev–Trinajstić information content (AvgIpc) is 3.36. The van der Waals surface area contributed by atoms with Crippen molar-refractivity contribution < 1.29 is 38.8 Å². The zero-order valence-electron chi connectivity index (χ0n) is 22.2. The first-order valence-electron chi connectivity index (χ1n) is 12.4. The number of aromatic nitrogens is 3. The summed E-state index contributed by atoms with van der Waals surface area (Å²) < 4.78 is 1.82. The number of thiazole rings is 1. The minimum absolute atomic E-state index is 0.0257. The van der Waals surface area contributed by atoms with E-state index in [2.05, 4.69) is 20.4 Å². The second-order valence-corrected chi connectivity index (χ2v) is 11.9. The van der Waals surface area contributed by atoms with Gasteiger partial charge >= 0.3 is 17.1 Å². The Balaban J connectivity index is 1.51. The van der Waals surface area contributed by atoms with Crippen LogP contribution in [0.15, 0.2) is 33.0 Å². The number of nitrogens with two attached hydrogens (primary N) is 3. The molecule has 224 valence electrons. The summed E-state index contributed by atoms with van der Waals surface area (Å²) >= 11 is 3.58. The number of nitrogens with zero attached hydrogens (tertiary/aromatic N) is 5. The van der Waals surface area contributed by atoms with Crippen LogP contribution < -0.4 is 27.1 Å². The lowest BCUT2D eigenvalue weighted by atomic mass is 10.0. The number of oxime groups is 1. The van der Waals surface area contributed by atoms with Crippen molar-refractivity contribution in [2.45, 2.75) is 42.9 Å². The topological polar surface area (TPSA) is 253 Å². The van der Waals surface area contributed by atoms with Gasteiger partial charge in [-0.2, -0.15) is 0 Å². The van der Waals surface area contributed by atoms with E-state index in [1.54, 1.807) is 6.07 Å². The van der Waals surface area contributed by atoms with E-state index in [-0.39, 0.29) is 39.6 Å². The number of carbonyl (C=O) groups excluding carboxylic acids is 2. The monoisotopic (exact) mass is 638 g/mol. The number of rotatable bonds is 13. The molecule has 1 fully saturated rings. The van der Waals surface area contributed by atoms with Crippen molar-refractivity contribution in [3.05, 3.63) is 28.4 Å². The van der Waals surface area contributed by atoms with Gasteiger partial charge in [0.05, 0.1) is 12.6 Å². The number of fused-ring (bicyclic) bond motifs is 1. The maximum Gasteiger partial charge on any atom is 0.352 e. The fourth-order valence-corrected chi connectivity index (χ4v) is 7.19. The predicted molar refractivity (Wildman–Crippen MR) is 155 cm³/mol. The molecule has 2 aliphatic heterocycles. The molecule has 9 N–H and O–H groups in total. The van der Waals surface area contributed by atoms with E-state index in [4.69, 9.17) is 27.1 Å². The second-order valence-electron chi connectivity index (χ2n) is 8.98. The van der Waals surface area contributed by atoms with Crippen LogP contribution in [0.1, 0.15) is 25.5 Å². The lowest BCUT2D eigenvalue weighted by molar-refractivity contribution is -0.723. The third kappa shape index (κ3) is 6.68. The molecule has 2 aromatic heterocycles. The predicted octanol–water partition coefficient (Wildman–Crippen LogP) is -0.291. The molecule has 4 rings (SSSR count). The fraction of sp³-hybridized carbons (Fsp3) is 0.391. The number of amides is 2. The van der Waals surface area contributed by atoms with Crippen molar-refractivity contribution >= 4 is 81.1 Å². The van der Waals surface area contributed by atoms with Gasteiger partial charge in [0.25, 0.3) is 11.8 Å². The van der Waals surface area contributed by atoms with E-state index in [9.17, 15) is 24.3 Å². The molecule has 0 spiro atoms. The van der Waals surface area contributed by atoms with Crippen LogP contribution in [0, 0.1) is 0 Å². The number of nitrogen functional groups attached to an aromatic ring is 3. The molecular weight excluding hydrogens is 611 g/mol. The number of hydrogen-bond donors (Lipinski definition) is 6. The molecule has 1 saturated heterocycles. The average molecular weight is 639 g/mol. The Morgan fingerprint density at radius 2 is 2.05 bits per heavy atom. The Kier molecular flexibility index (Phi) is 9.74. The van der Waals surface area contributed by atoms with Crippen LogP contribution in [-0.4, -0.2) is 84.1 Å². The highest BCUT2D eigenvalue weighted by Crippen LogP contribution is 2.41. The SMILES string of the molecule is CCCC[n+]1c(N)cc(N)nc1SCC1=C(C(=O)O)N2C(=O)C(NC(=O)/C(=N\OCC(=O)O)c3csc(N)n3)C2SC1. The summed E-state index contributed by atoms with van der Waals surface area (Å²) in [5.74, 6) is -2.93. The van der Waals surface area contributed by atoms with Crippen molar-refractivity contribution in [2.75, 3.05) is 35.3 Å². The number of carboxylic acids is 2. The highest BCUT2D eigenvalue weighted by Gasteiger charge is 2.54. The minimum Gasteiger partial charge on any atom is -0.479 e. The molecule has 2 aromatic rings. The number of β-lactam (4-membered cyclic amide) rings is 1. The van der Waals surface area contributed by atoms with Gasteiger partial charge in [0.2, 0.25) is 18.2 Å². The summed E-state index contributed by atoms with van der Waals surface area (Å²) in [7, 11) is 0. The van der Waals surface area contributed by atoms with Crippen molar-refractivity contribution in [3.63, 3.8) is 0 Å². The van der Waals surface area contributed by atoms with E-state index in [1.165, 1.54) is 28.9 Å². The number of carboxylic acid groups (broad SMARTS) is 2. The molecule has 2 atom stereocenters. The highest BCUT2D eigenvalue weighted by atomic mass is 32.2. The van der Waals surface area contributed by atoms with Crippen LogP contribution >= 0.6 is 34.9 Å². The summed E-state index contributed by atoms with van der Waals surface area (Å²) in [5.41, 5.74) is 17.7. The summed E-state index contributed by atoms with van der Waals surface area (Å²) in [5, 5.41) is 26.4. The maximum atomic E-state index is 13.2. The largest absolute Gasteiger partial charge is 0.479 e. The molecule has 0 saturated carbocycles. The normalized spacial score (nSPS) is 18.4. The maximum absolute atomic E-state index is 13.2. The van der Waals surface area contributed by atoms with Crippen molar-refractivity contribution in [2.24, 2.45) is 5.16 Å². The molecule has 4 heterocycles. The van der Waals surface area contributed by atoms with E-state index in [1.807, 2.05) is 11.5 Å². The fourth-order valence-electron chi connectivity index (χ4n) is 4.10. The summed E-state index contributed by atoms with van der Waals surface area (Å²) in [6, 6.07) is 0.492. The van der Waals surface area contributed by atoms with Gasteiger partial charge in [-0.05, 0) is 23.8 Å². The van der Waals surface area contributed by atoms with E-state index in [0.717, 1.165) is 29.1 Å². The number of thioether (sulfide) groups is 2. The highest BCUT2D eigenvalue weighted by molar-refractivity contribution is 8.01. The zero-order chi connectivity index (χ0) is 30.6. The van der Waals surface area contributed by atoms with Crippen LogP contribution in [0.2, 0.25) is 0 Å². The second kappa shape index (κ2) is 13.3. The van der Waals surface area contributed by atoms with Crippen molar-refractivity contribution in [1.29, 1.82) is 0 Å². The molecule has 0 bridgehead atoms. The zero-order valence-corrected chi connectivity index (χ0v) is 24.6. The molecular formula is C23H28N9O7S3+. The number of hydrogen-bond acceptors (Lipinski definition) is 14. The van der Waals surface area contributed by atoms with E-state index < -0.39 is 41.8 Å². The Bertz CT molecular complexity index is 1480. The molecule has 0 aromatic carbocycles. The van der Waals surface area contributed by atoms with E-state index >= 15 is 0 Å². The number of unbranched alkanes of at least 4 members (excludes halogenated alkanes) is 1. The number of nitrogens with one attached hydrogen (secondary N) is 1. The minimum atomic E-state index is -1.31. The van der Waals surface area contributed by atoms with Gasteiger partial charge in [0, 0.05) is 16.9 Å². The Hall–Kier alpha value is -4.10. The first-order chi connectivity index (χ1) is 20.0. The summed E-state index contributed by atoms with van der Waals surface area (Å²) in [4.78, 5) is 63.5. The first kappa shape index (κ1) is 30.8. The number of aliphatic carboxylic acids is 2. The molecule has 16 nitrogen and oxygen atoms in total. The van der Waals surface area contributed by atoms with Crippen LogP contribution in [-0.2, 0) is 30.6 Å². The van der Waals surface area contributed by atoms with Crippen LogP contribution in [0.5, 0.6) is 0 Å². The standard InChI is InChI=1S/C23H27N9O7S3/c1-2-3-4-31-13(25)5-12(24)28-23(31)42-8-10-7-40-20-16(19(36)32(20)17(10)21(37)38)29-18(35)15(30-39-6-14(33)34)11-9-41-22(26)27-11/h5,9,16,20H,2-4,6-8H2,1H3,(H8,24,25,26,27,29,33,34,35,37,38)/p+1/b30-15-. The molecule has 42 heavy (non-hydrogen) atoms. The lowest BCUT2D eigenvalue weighted by Crippen LogP contribution is -2.71. The molecule has 2 unspecified atom stereocenters. The quantitative estimate of drug-likeness (QED) is 0.0412. The summed E-state index contributed by atoms with van der Waals surface area (Å²) in [6.45, 7) is 1.85. The molecule has 2 aliphatic rings. The number of anilines is 3. The lowest BCUT2D eigenvalue weighted by Gasteiger charge is -2.49. The third-order valence-corrected chi connectivity index (χ3v) is 9.11. The Morgan fingerprint density at radius 3 is 2.69 bits per heavy atom. The van der Waals surface area contributed by atoms with Crippen molar-refractivity contribution in [1.82, 2.24) is 20.2 Å². The van der Waals surface area contributed by atoms with Crippen LogP contribution in [0.25, 0.3) is 0 Å². The van der Waals surface area contributed by atoms with Crippen molar-refractivity contribution in [3.8, 4) is 0 Å². The van der Waals surface area contributed by atoms with Gasteiger partial charge in [-0.1, -0.05) is 23.5 Å². The smallest absolute Gasteiger partial charge is 0.352 e. The van der Waals surface area contributed by atoms with Gasteiger partial charge in [-0.3, -0.25) is 14.5 Å². The number of carbonyl (C=O) groups is 4. The van der Waals surface area contributed by atoms with Gasteiger partial charge in [0.15, 0.2) is 10.8 Å². The molecule has 0 aliphatic carbocycles. The van der Waals surface area contributed by atoms with Crippen LogP contribution in [0.3, 0.4) is 0 Å². The molecule has 2 amide bonds. The van der Waals surface area contributed by atoms with Gasteiger partial charge in [-0.15, -0.1) is 23.1 Å². The first-order valence-corrected chi connectivity index (χ1v) is 15.4. The van der Waals surface area contributed by atoms with Gasteiger partial charge < -0.3 is 37.6 Å². The Morgan fingerprint density at radius 1 is 1.29 bits per heavy atom. The molecule has 0 radical (unpaired) electrons. The van der Waals surface area contributed by atoms with E-state index in [0.29, 0.717) is 23.1 Å². The molecule has 19 heteroatoms. The van der Waals surface area contributed by atoms with Gasteiger partial charge in [0.1, 0.15) is 22.8 Å². The Labute approximate surface area is 251 Å². The van der Waals surface area contributed by atoms with Crippen LogP contribution in [0.4, 0.5) is 16.8 Å². The van der Waals surface area contributed by atoms with Gasteiger partial charge in [-0.25, -0.2) is 19.1 Å². The summed E-state index contributed by atoms with van der Waals surface area (Å²) in [6.07, 6.45) is 1.79. The third-order valence-electron chi connectivity index (χ3n) is 6.03.